The first-order valence-electron chi connectivity index (χ1n) is 7.44. The highest BCUT2D eigenvalue weighted by Gasteiger charge is 2.08. The van der Waals surface area contributed by atoms with E-state index in [9.17, 15) is 4.79 Å². The molecule has 0 atom stereocenters. The smallest absolute Gasteiger partial charge is 0.319 e. The number of hydrogen-bond acceptors (Lipinski definition) is 3. The molecule has 0 aliphatic rings. The number of anilines is 1. The van der Waals surface area contributed by atoms with E-state index >= 15 is 0 Å². The van der Waals surface area contributed by atoms with E-state index in [-0.39, 0.29) is 0 Å². The van der Waals surface area contributed by atoms with Crippen molar-refractivity contribution in [2.45, 2.75) is 6.92 Å². The standard InChI is InChI=1S/C17H18Cl2N2O3/c1-2-23-12-5-3-6-13(11-12)24-10-9-20-17(22)21-16-14(18)7-4-8-15(16)19/h3-8,11H,2,9-10H2,1H3,(H2,20,21,22). The summed E-state index contributed by atoms with van der Waals surface area (Å²) in [5.41, 5.74) is 0.378. The Bertz CT molecular complexity index is 675. The van der Waals surface area contributed by atoms with Crippen LogP contribution < -0.4 is 20.1 Å². The van der Waals surface area contributed by atoms with Crippen LogP contribution in [0.3, 0.4) is 0 Å². The lowest BCUT2D eigenvalue weighted by Gasteiger charge is -2.11. The lowest BCUT2D eigenvalue weighted by molar-refractivity contribution is 0.247. The van der Waals surface area contributed by atoms with Gasteiger partial charge in [-0.25, -0.2) is 4.79 Å². The molecule has 0 aliphatic heterocycles. The van der Waals surface area contributed by atoms with E-state index < -0.39 is 6.03 Å². The molecule has 2 aromatic rings. The van der Waals surface area contributed by atoms with Gasteiger partial charge in [0.05, 0.1) is 28.9 Å². The van der Waals surface area contributed by atoms with Gasteiger partial charge in [-0.1, -0.05) is 35.3 Å². The number of para-hydroxylation sites is 1. The molecule has 2 amide bonds. The minimum Gasteiger partial charge on any atom is -0.494 e. The Morgan fingerprint density at radius 1 is 1.04 bits per heavy atom. The summed E-state index contributed by atoms with van der Waals surface area (Å²) in [5, 5.41) is 6.04. The predicted octanol–water partition coefficient (Wildman–Crippen LogP) is 4.59. The number of carbonyl (C=O) groups excluding carboxylic acids is 1. The molecule has 0 aromatic heterocycles. The molecule has 24 heavy (non-hydrogen) atoms. The van der Waals surface area contributed by atoms with Gasteiger partial charge in [0.1, 0.15) is 18.1 Å². The van der Waals surface area contributed by atoms with Crippen LogP contribution in [0.15, 0.2) is 42.5 Å². The molecule has 0 radical (unpaired) electrons. The SMILES string of the molecule is CCOc1cccc(OCCNC(=O)Nc2c(Cl)cccc2Cl)c1. The van der Waals surface area contributed by atoms with E-state index in [4.69, 9.17) is 32.7 Å². The molecule has 0 saturated carbocycles. The lowest BCUT2D eigenvalue weighted by Crippen LogP contribution is -2.32. The molecule has 2 aromatic carbocycles. The van der Waals surface area contributed by atoms with Crippen molar-refractivity contribution < 1.29 is 14.3 Å². The van der Waals surface area contributed by atoms with Gasteiger partial charge in [0.15, 0.2) is 0 Å². The van der Waals surface area contributed by atoms with E-state index in [1.165, 1.54) is 0 Å². The van der Waals surface area contributed by atoms with Gasteiger partial charge in [-0.05, 0) is 31.2 Å². The summed E-state index contributed by atoms with van der Waals surface area (Å²) in [4.78, 5) is 11.9. The summed E-state index contributed by atoms with van der Waals surface area (Å²) in [6, 6.07) is 11.9. The van der Waals surface area contributed by atoms with Gasteiger partial charge in [0.2, 0.25) is 0 Å². The van der Waals surface area contributed by atoms with E-state index in [2.05, 4.69) is 10.6 Å². The van der Waals surface area contributed by atoms with Crippen molar-refractivity contribution in [3.8, 4) is 11.5 Å². The van der Waals surface area contributed by atoms with Crippen LogP contribution in [0.2, 0.25) is 10.0 Å². The Balaban J connectivity index is 1.76. The zero-order valence-electron chi connectivity index (χ0n) is 13.1. The average Bonchev–Trinajstić information content (AvgIpc) is 2.56. The van der Waals surface area contributed by atoms with Crippen molar-refractivity contribution in [2.24, 2.45) is 0 Å². The molecule has 2 N–H and O–H groups in total. The Morgan fingerprint density at radius 2 is 1.67 bits per heavy atom. The van der Waals surface area contributed by atoms with E-state index in [1.807, 2.05) is 25.1 Å². The van der Waals surface area contributed by atoms with Gasteiger partial charge in [0.25, 0.3) is 0 Å². The van der Waals surface area contributed by atoms with Crippen LogP contribution in [0.4, 0.5) is 10.5 Å². The summed E-state index contributed by atoms with van der Waals surface area (Å²) in [6.45, 7) is 3.16. The minimum absolute atomic E-state index is 0.319. The lowest BCUT2D eigenvalue weighted by atomic mass is 10.3. The third kappa shape index (κ3) is 5.51. The normalized spacial score (nSPS) is 10.1. The third-order valence-electron chi connectivity index (χ3n) is 2.97. The molecule has 0 unspecified atom stereocenters. The van der Waals surface area contributed by atoms with E-state index in [0.717, 1.165) is 5.75 Å². The molecule has 2 rings (SSSR count). The summed E-state index contributed by atoms with van der Waals surface area (Å²) in [6.07, 6.45) is 0. The van der Waals surface area contributed by atoms with Gasteiger partial charge >= 0.3 is 6.03 Å². The molecule has 0 saturated heterocycles. The molecule has 5 nitrogen and oxygen atoms in total. The molecule has 0 spiro atoms. The topological polar surface area (TPSA) is 59.6 Å². The van der Waals surface area contributed by atoms with Crippen LogP contribution >= 0.6 is 23.2 Å². The van der Waals surface area contributed by atoms with E-state index in [1.54, 1.807) is 24.3 Å². The number of amides is 2. The summed E-state index contributed by atoms with van der Waals surface area (Å²) < 4.78 is 11.0. The van der Waals surface area contributed by atoms with Crippen LogP contribution in [0.25, 0.3) is 0 Å². The molecular weight excluding hydrogens is 351 g/mol. The summed E-state index contributed by atoms with van der Waals surface area (Å²) in [5.74, 6) is 1.42. The van der Waals surface area contributed by atoms with Crippen molar-refractivity contribution in [3.63, 3.8) is 0 Å². The average molecular weight is 369 g/mol. The second kappa shape index (κ2) is 9.25. The fourth-order valence-electron chi connectivity index (χ4n) is 1.93. The fourth-order valence-corrected chi connectivity index (χ4v) is 2.42. The molecule has 128 valence electrons. The second-order valence-electron chi connectivity index (χ2n) is 4.73. The van der Waals surface area contributed by atoms with Crippen molar-refractivity contribution in [3.05, 3.63) is 52.5 Å². The Hall–Kier alpha value is -2.11. The van der Waals surface area contributed by atoms with Crippen molar-refractivity contribution in [1.29, 1.82) is 0 Å². The van der Waals surface area contributed by atoms with Crippen molar-refractivity contribution >= 4 is 34.9 Å². The van der Waals surface area contributed by atoms with Crippen molar-refractivity contribution in [1.82, 2.24) is 5.32 Å². The van der Waals surface area contributed by atoms with Crippen LogP contribution in [0.5, 0.6) is 11.5 Å². The molecular formula is C17H18Cl2N2O3. The largest absolute Gasteiger partial charge is 0.494 e. The maximum absolute atomic E-state index is 11.9. The van der Waals surface area contributed by atoms with Crippen LogP contribution in [-0.2, 0) is 0 Å². The summed E-state index contributed by atoms with van der Waals surface area (Å²) >= 11 is 12.0. The first-order valence-corrected chi connectivity index (χ1v) is 8.20. The zero-order valence-corrected chi connectivity index (χ0v) is 14.7. The first kappa shape index (κ1) is 18.2. The van der Waals surface area contributed by atoms with Crippen LogP contribution in [0.1, 0.15) is 6.92 Å². The predicted molar refractivity (Wildman–Crippen MR) is 96.6 cm³/mol. The monoisotopic (exact) mass is 368 g/mol. The van der Waals surface area contributed by atoms with E-state index in [0.29, 0.717) is 41.2 Å². The van der Waals surface area contributed by atoms with Gasteiger partial charge in [-0.2, -0.15) is 0 Å². The number of benzene rings is 2. The maximum atomic E-state index is 11.9. The van der Waals surface area contributed by atoms with Gasteiger partial charge in [-0.15, -0.1) is 0 Å². The van der Waals surface area contributed by atoms with Gasteiger partial charge < -0.3 is 20.1 Å². The maximum Gasteiger partial charge on any atom is 0.319 e. The number of carbonyl (C=O) groups is 1. The number of ether oxygens (including phenoxy) is 2. The highest BCUT2D eigenvalue weighted by molar-refractivity contribution is 6.39. The quantitative estimate of drug-likeness (QED) is 0.702. The van der Waals surface area contributed by atoms with Gasteiger partial charge in [-0.3, -0.25) is 0 Å². The summed E-state index contributed by atoms with van der Waals surface area (Å²) in [7, 11) is 0. The molecule has 7 heteroatoms. The number of rotatable bonds is 7. The minimum atomic E-state index is -0.406. The highest BCUT2D eigenvalue weighted by Crippen LogP contribution is 2.29. The molecule has 0 bridgehead atoms. The third-order valence-corrected chi connectivity index (χ3v) is 3.60. The Morgan fingerprint density at radius 3 is 2.33 bits per heavy atom. The van der Waals surface area contributed by atoms with Gasteiger partial charge in [0, 0.05) is 6.07 Å². The fraction of sp³-hybridized carbons (Fsp3) is 0.235. The zero-order chi connectivity index (χ0) is 17.4. The highest BCUT2D eigenvalue weighted by atomic mass is 35.5. The van der Waals surface area contributed by atoms with Crippen molar-refractivity contribution in [2.75, 3.05) is 25.1 Å². The molecule has 0 fully saturated rings. The number of urea groups is 1. The van der Waals surface area contributed by atoms with Crippen LogP contribution in [-0.4, -0.2) is 25.8 Å². The Kier molecular flexibility index (Phi) is 7.03. The first-order chi connectivity index (χ1) is 11.6. The number of hydrogen-bond donors (Lipinski definition) is 2. The second-order valence-corrected chi connectivity index (χ2v) is 5.55. The number of nitrogens with one attached hydrogen (secondary N) is 2. The van der Waals surface area contributed by atoms with Crippen LogP contribution in [0, 0.1) is 0 Å². The molecule has 0 aliphatic carbocycles. The number of halogens is 2. The Labute approximate surface area is 150 Å². The molecule has 0 heterocycles.